The fourth-order valence-corrected chi connectivity index (χ4v) is 3.69. The zero-order valence-electron chi connectivity index (χ0n) is 7.93. The summed E-state index contributed by atoms with van der Waals surface area (Å²) in [5.41, 5.74) is 3.00. The zero-order valence-corrected chi connectivity index (χ0v) is 15.8. The summed E-state index contributed by atoms with van der Waals surface area (Å²) < 4.78 is 1.65. The van der Waals surface area contributed by atoms with Gasteiger partial charge in [0, 0.05) is 0 Å². The van der Waals surface area contributed by atoms with Crippen molar-refractivity contribution in [3.8, 4) is 0 Å². The Morgan fingerprint density at radius 2 is 1.86 bits per heavy atom. The van der Waals surface area contributed by atoms with Crippen LogP contribution in [0.1, 0.15) is 30.4 Å². The van der Waals surface area contributed by atoms with Crippen LogP contribution in [0.25, 0.3) is 6.08 Å². The standard InChI is InChI=1S/C11H11.Hf.2HI/c1-2-9-7-8-10-5-3-4-6-11(9)10;;;/h3-6,8-9H,2H2,1H3;;2*1H/q;+2;;/p-2. The van der Waals surface area contributed by atoms with Crippen LogP contribution in [0.5, 0.6) is 0 Å². The maximum atomic E-state index is 2.37. The Hall–Kier alpha value is 1.29. The molecule has 2 rings (SSSR count). The van der Waals surface area contributed by atoms with Gasteiger partial charge in [-0.25, -0.2) is 0 Å². The quantitative estimate of drug-likeness (QED) is 0.249. The van der Waals surface area contributed by atoms with Crippen LogP contribution in [0, 0.1) is 0 Å². The summed E-state index contributed by atoms with van der Waals surface area (Å²) in [6, 6.07) is 8.77. The molecule has 0 saturated heterocycles. The molecule has 1 aromatic carbocycles. The second-order valence-corrected chi connectivity index (χ2v) is 5.26. The minimum atomic E-state index is 0. The zero-order chi connectivity index (χ0) is 8.55. The maximum Gasteiger partial charge on any atom is -1.00 e. The van der Waals surface area contributed by atoms with Gasteiger partial charge in [0.05, 0.1) is 0 Å². The van der Waals surface area contributed by atoms with E-state index in [1.165, 1.54) is 36.4 Å². The number of benzene rings is 1. The van der Waals surface area contributed by atoms with Crippen LogP contribution in [0.3, 0.4) is 0 Å². The number of allylic oxidation sites excluding steroid dienone is 1. The smallest absolute Gasteiger partial charge is 1.00 e. The number of halogens is 2. The molecule has 0 amide bonds. The molecule has 0 spiro atoms. The fourth-order valence-electron chi connectivity index (χ4n) is 1.84. The second-order valence-electron chi connectivity index (χ2n) is 3.19. The predicted octanol–water partition coefficient (Wildman–Crippen LogP) is -2.91. The molecular weight excluding hydrogens is 564 g/mol. The molecule has 3 heteroatoms. The molecule has 1 aromatic rings. The third-order valence-corrected chi connectivity index (χ3v) is 4.24. The molecule has 0 radical (unpaired) electrons. The fraction of sp³-hybridized carbons (Fsp3) is 0.273. The Kier molecular flexibility index (Phi) is 7.41. The van der Waals surface area contributed by atoms with Crippen molar-refractivity contribution in [3.05, 3.63) is 38.7 Å². The van der Waals surface area contributed by atoms with Crippen molar-refractivity contribution in [1.82, 2.24) is 0 Å². The van der Waals surface area contributed by atoms with Gasteiger partial charge in [-0.15, -0.1) is 0 Å². The van der Waals surface area contributed by atoms with Crippen LogP contribution >= 0.6 is 0 Å². The molecule has 73 valence electrons. The Morgan fingerprint density at radius 1 is 1.21 bits per heavy atom. The van der Waals surface area contributed by atoms with E-state index in [-0.39, 0.29) is 48.0 Å². The van der Waals surface area contributed by atoms with Gasteiger partial charge in [-0.3, -0.25) is 0 Å². The Bertz CT molecular complexity index is 334. The minimum Gasteiger partial charge on any atom is -1.00 e. The third-order valence-electron chi connectivity index (χ3n) is 2.47. The van der Waals surface area contributed by atoms with Crippen LogP contribution in [0.2, 0.25) is 0 Å². The minimum absolute atomic E-state index is 0. The molecule has 0 nitrogen and oxygen atoms in total. The van der Waals surface area contributed by atoms with Crippen molar-refractivity contribution in [2.45, 2.75) is 19.3 Å². The van der Waals surface area contributed by atoms with E-state index in [9.17, 15) is 0 Å². The van der Waals surface area contributed by atoms with Crippen molar-refractivity contribution in [2.75, 3.05) is 0 Å². The molecule has 1 atom stereocenters. The van der Waals surface area contributed by atoms with Gasteiger partial charge in [-0.2, -0.15) is 0 Å². The Balaban J connectivity index is 0.000000845. The molecule has 0 fully saturated rings. The van der Waals surface area contributed by atoms with Gasteiger partial charge in [0.2, 0.25) is 0 Å². The SMILES string of the molecule is CCC1[C]([Hf+2])=Cc2ccccc21.[I-].[I-]. The van der Waals surface area contributed by atoms with E-state index < -0.39 is 0 Å². The number of rotatable bonds is 1. The summed E-state index contributed by atoms with van der Waals surface area (Å²) in [6.45, 7) is 2.28. The molecule has 1 aliphatic carbocycles. The first-order chi connectivity index (χ1) is 5.83. The van der Waals surface area contributed by atoms with Crippen molar-refractivity contribution in [1.29, 1.82) is 0 Å². The number of hydrogen-bond donors (Lipinski definition) is 0. The van der Waals surface area contributed by atoms with Gasteiger partial charge >= 0.3 is 88.4 Å². The molecule has 14 heavy (non-hydrogen) atoms. The van der Waals surface area contributed by atoms with Crippen molar-refractivity contribution >= 4 is 6.08 Å². The van der Waals surface area contributed by atoms with Crippen molar-refractivity contribution in [2.24, 2.45) is 0 Å². The van der Waals surface area contributed by atoms with Crippen LogP contribution < -0.4 is 48.0 Å². The van der Waals surface area contributed by atoms with Crippen LogP contribution in [-0.4, -0.2) is 0 Å². The van der Waals surface area contributed by atoms with Gasteiger partial charge in [0.15, 0.2) is 0 Å². The topological polar surface area (TPSA) is 0 Å². The van der Waals surface area contributed by atoms with Gasteiger partial charge in [0.1, 0.15) is 0 Å². The molecule has 1 aliphatic rings. The molecule has 0 aromatic heterocycles. The molecular formula is C11H11HfI2. The van der Waals surface area contributed by atoms with Crippen LogP contribution in [0.15, 0.2) is 27.6 Å². The summed E-state index contributed by atoms with van der Waals surface area (Å²) in [6.07, 6.45) is 3.63. The molecule has 0 N–H and O–H groups in total. The predicted molar refractivity (Wildman–Crippen MR) is 47.5 cm³/mol. The summed E-state index contributed by atoms with van der Waals surface area (Å²) in [5, 5.41) is 0. The van der Waals surface area contributed by atoms with E-state index in [2.05, 4.69) is 37.3 Å². The maximum absolute atomic E-state index is 2.37. The average Bonchev–Trinajstić information content (AvgIpc) is 2.40. The largest absolute Gasteiger partial charge is 1.00 e. The Labute approximate surface area is 135 Å². The third kappa shape index (κ3) is 2.90. The first-order valence-electron chi connectivity index (χ1n) is 4.35. The van der Waals surface area contributed by atoms with Gasteiger partial charge in [0.25, 0.3) is 0 Å². The van der Waals surface area contributed by atoms with E-state index in [4.69, 9.17) is 0 Å². The molecule has 0 aliphatic heterocycles. The van der Waals surface area contributed by atoms with Gasteiger partial charge in [-0.05, 0) is 0 Å². The van der Waals surface area contributed by atoms with Crippen molar-refractivity contribution < 1.29 is 72.3 Å². The number of hydrogen-bond acceptors (Lipinski definition) is 0. The summed E-state index contributed by atoms with van der Waals surface area (Å²) >= 11 is 1.21. The summed E-state index contributed by atoms with van der Waals surface area (Å²) in [7, 11) is 0. The van der Waals surface area contributed by atoms with Gasteiger partial charge < -0.3 is 48.0 Å². The summed E-state index contributed by atoms with van der Waals surface area (Å²) in [5.74, 6) is 0.743. The van der Waals surface area contributed by atoms with E-state index >= 15 is 0 Å². The van der Waals surface area contributed by atoms with Crippen LogP contribution in [0.4, 0.5) is 0 Å². The summed E-state index contributed by atoms with van der Waals surface area (Å²) in [4.78, 5) is 0. The van der Waals surface area contributed by atoms with Gasteiger partial charge in [-0.1, -0.05) is 0 Å². The monoisotopic (exact) mass is 577 g/mol. The first kappa shape index (κ1) is 15.3. The average molecular weight is 576 g/mol. The molecule has 0 saturated carbocycles. The van der Waals surface area contributed by atoms with Crippen molar-refractivity contribution in [3.63, 3.8) is 0 Å². The normalized spacial score (nSPS) is 17.6. The van der Waals surface area contributed by atoms with E-state index in [0.717, 1.165) is 5.92 Å². The Morgan fingerprint density at radius 3 is 2.50 bits per heavy atom. The molecule has 0 heterocycles. The molecule has 0 bridgehead atoms. The van der Waals surface area contributed by atoms with E-state index in [0.29, 0.717) is 0 Å². The number of fused-ring (bicyclic) bond motifs is 1. The van der Waals surface area contributed by atoms with Crippen LogP contribution in [-0.2, 0) is 24.4 Å². The first-order valence-corrected chi connectivity index (χ1v) is 6.14. The second kappa shape index (κ2) is 6.78. The molecule has 1 unspecified atom stereocenters. The van der Waals surface area contributed by atoms with E-state index in [1.807, 2.05) is 0 Å². The van der Waals surface area contributed by atoms with E-state index in [1.54, 1.807) is 8.89 Å².